The average molecular weight is 281 g/mol. The molecule has 5 unspecified atom stereocenters. The Morgan fingerprint density at radius 2 is 1.60 bits per heavy atom. The lowest BCUT2D eigenvalue weighted by Gasteiger charge is -2.38. The van der Waals surface area contributed by atoms with Gasteiger partial charge in [-0.2, -0.15) is 0 Å². The van der Waals surface area contributed by atoms with Crippen LogP contribution in [0.5, 0.6) is 0 Å². The van der Waals surface area contributed by atoms with Crippen LogP contribution in [0.25, 0.3) is 0 Å². The lowest BCUT2D eigenvalue weighted by Crippen LogP contribution is -2.46. The van der Waals surface area contributed by atoms with Crippen molar-refractivity contribution in [2.24, 2.45) is 17.8 Å². The molecule has 2 saturated heterocycles. The molecular weight excluding hydrogens is 250 g/mol. The van der Waals surface area contributed by atoms with Crippen molar-refractivity contribution in [2.75, 3.05) is 0 Å². The highest BCUT2D eigenvalue weighted by Gasteiger charge is 2.41. The third kappa shape index (κ3) is 3.03. The summed E-state index contributed by atoms with van der Waals surface area (Å²) in [5.41, 5.74) is 0. The molecule has 0 radical (unpaired) electrons. The molecule has 2 heterocycles. The van der Waals surface area contributed by atoms with E-state index in [0.717, 1.165) is 19.3 Å². The van der Waals surface area contributed by atoms with E-state index in [2.05, 4.69) is 46.4 Å². The number of nitrogens with zero attached hydrogens (tertiary/aromatic N) is 1. The average Bonchev–Trinajstić information content (AvgIpc) is 2.60. The maximum Gasteiger partial charge on any atom is 0.226 e. The van der Waals surface area contributed by atoms with Crippen molar-refractivity contribution < 1.29 is 9.53 Å². The zero-order valence-electron chi connectivity index (χ0n) is 13.9. The van der Waals surface area contributed by atoms with E-state index in [9.17, 15) is 4.79 Å². The van der Waals surface area contributed by atoms with Crippen LogP contribution in [0.3, 0.4) is 0 Å². The van der Waals surface area contributed by atoms with Crippen molar-refractivity contribution in [3.05, 3.63) is 0 Å². The van der Waals surface area contributed by atoms with Gasteiger partial charge in [0.2, 0.25) is 5.91 Å². The first-order chi connectivity index (χ1) is 9.31. The molecular formula is C17H31NO2. The van der Waals surface area contributed by atoms with Gasteiger partial charge in [0.25, 0.3) is 0 Å². The van der Waals surface area contributed by atoms with Gasteiger partial charge < -0.3 is 9.64 Å². The van der Waals surface area contributed by atoms with Crippen molar-refractivity contribution in [3.8, 4) is 0 Å². The number of likely N-dealkylation sites (tertiary alicyclic amines) is 1. The largest absolute Gasteiger partial charge is 0.376 e. The maximum absolute atomic E-state index is 12.9. The zero-order chi connectivity index (χ0) is 15.0. The third-order valence-corrected chi connectivity index (χ3v) is 5.54. The Morgan fingerprint density at radius 3 is 2.05 bits per heavy atom. The minimum Gasteiger partial charge on any atom is -0.376 e. The molecule has 3 heteroatoms. The van der Waals surface area contributed by atoms with E-state index in [1.54, 1.807) is 0 Å². The molecule has 0 bridgehead atoms. The minimum atomic E-state index is 0.124. The van der Waals surface area contributed by atoms with Crippen LogP contribution in [0, 0.1) is 17.8 Å². The Balaban J connectivity index is 2.05. The van der Waals surface area contributed by atoms with E-state index in [1.807, 2.05) is 0 Å². The number of hydrogen-bond acceptors (Lipinski definition) is 2. The normalized spacial score (nSPS) is 43.6. The van der Waals surface area contributed by atoms with Crippen LogP contribution in [0.1, 0.15) is 60.8 Å². The fourth-order valence-electron chi connectivity index (χ4n) is 4.24. The quantitative estimate of drug-likeness (QED) is 0.775. The molecule has 2 aliphatic heterocycles. The van der Waals surface area contributed by atoms with Crippen LogP contribution >= 0.6 is 0 Å². The highest BCUT2D eigenvalue weighted by Crippen LogP contribution is 2.35. The molecule has 2 rings (SSSR count). The van der Waals surface area contributed by atoms with Crippen LogP contribution in [0.15, 0.2) is 0 Å². The van der Waals surface area contributed by atoms with Gasteiger partial charge in [0, 0.05) is 18.0 Å². The lowest BCUT2D eigenvalue weighted by molar-refractivity contribution is -0.142. The van der Waals surface area contributed by atoms with Crippen LogP contribution in [0.2, 0.25) is 0 Å². The fraction of sp³-hybridized carbons (Fsp3) is 0.941. The van der Waals surface area contributed by atoms with Crippen LogP contribution in [-0.4, -0.2) is 35.1 Å². The van der Waals surface area contributed by atoms with E-state index in [4.69, 9.17) is 4.74 Å². The van der Waals surface area contributed by atoms with Gasteiger partial charge in [0.15, 0.2) is 0 Å². The number of carbonyl (C=O) groups excluding carboxylic acids is 1. The predicted molar refractivity (Wildman–Crippen MR) is 81.4 cm³/mol. The Hall–Kier alpha value is -0.570. The second-order valence-corrected chi connectivity index (χ2v) is 7.33. The molecule has 3 nitrogen and oxygen atoms in total. The second kappa shape index (κ2) is 6.05. The van der Waals surface area contributed by atoms with Crippen molar-refractivity contribution in [2.45, 2.75) is 85.1 Å². The Morgan fingerprint density at radius 1 is 1.05 bits per heavy atom. The van der Waals surface area contributed by atoms with Crippen molar-refractivity contribution in [3.63, 3.8) is 0 Å². The van der Waals surface area contributed by atoms with Crippen LogP contribution in [-0.2, 0) is 9.53 Å². The molecule has 116 valence electrons. The zero-order valence-corrected chi connectivity index (χ0v) is 13.9. The van der Waals surface area contributed by atoms with Gasteiger partial charge in [0.05, 0.1) is 12.2 Å². The monoisotopic (exact) mass is 281 g/mol. The number of ether oxygens (including phenoxy) is 1. The first-order valence-corrected chi connectivity index (χ1v) is 8.28. The van der Waals surface area contributed by atoms with E-state index in [-0.39, 0.29) is 18.1 Å². The van der Waals surface area contributed by atoms with Gasteiger partial charge in [-0.05, 0) is 58.8 Å². The molecule has 0 spiro atoms. The van der Waals surface area contributed by atoms with Gasteiger partial charge in [-0.15, -0.1) is 0 Å². The highest BCUT2D eigenvalue weighted by molar-refractivity contribution is 5.79. The van der Waals surface area contributed by atoms with Crippen molar-refractivity contribution >= 4 is 5.91 Å². The molecule has 0 N–H and O–H groups in total. The Kier molecular flexibility index (Phi) is 4.78. The number of rotatable bonds is 2. The molecule has 0 aromatic rings. The second-order valence-electron chi connectivity index (χ2n) is 7.33. The molecule has 0 aliphatic carbocycles. The van der Waals surface area contributed by atoms with E-state index >= 15 is 0 Å². The van der Waals surface area contributed by atoms with Gasteiger partial charge >= 0.3 is 0 Å². The molecule has 0 aromatic heterocycles. The topological polar surface area (TPSA) is 29.5 Å². The van der Waals surface area contributed by atoms with Gasteiger partial charge in [0.1, 0.15) is 0 Å². The van der Waals surface area contributed by atoms with Gasteiger partial charge in [-0.3, -0.25) is 4.79 Å². The summed E-state index contributed by atoms with van der Waals surface area (Å²) >= 11 is 0. The van der Waals surface area contributed by atoms with Crippen LogP contribution in [0.4, 0.5) is 0 Å². The Bertz CT molecular complexity index is 347. The highest BCUT2D eigenvalue weighted by atomic mass is 16.5. The molecule has 2 fully saturated rings. The van der Waals surface area contributed by atoms with E-state index in [0.29, 0.717) is 29.8 Å². The number of amides is 1. The SMILES string of the molecule is CC1CC(C(C)C(=O)N2C(C)C(C)C[C@H]2C)CC(C)O1. The molecule has 6 atom stereocenters. The standard InChI is InChI=1S/C17H31NO2/c1-10-7-11(2)18(15(10)6)17(19)14(5)16-8-12(3)20-13(4)9-16/h10-16H,7-9H2,1-6H3/t10?,11-,12?,13?,14?,15?,16?/m1/s1. The summed E-state index contributed by atoms with van der Waals surface area (Å²) < 4.78 is 5.81. The summed E-state index contributed by atoms with van der Waals surface area (Å²) in [7, 11) is 0. The molecule has 20 heavy (non-hydrogen) atoms. The summed E-state index contributed by atoms with van der Waals surface area (Å²) in [6.45, 7) is 13.0. The summed E-state index contributed by atoms with van der Waals surface area (Å²) in [5, 5.41) is 0. The maximum atomic E-state index is 12.9. The van der Waals surface area contributed by atoms with Gasteiger partial charge in [-0.1, -0.05) is 13.8 Å². The summed E-state index contributed by atoms with van der Waals surface area (Å²) in [5.74, 6) is 1.57. The first kappa shape index (κ1) is 15.8. The molecule has 0 saturated carbocycles. The predicted octanol–water partition coefficient (Wildman–Crippen LogP) is 3.47. The number of hydrogen-bond donors (Lipinski definition) is 0. The van der Waals surface area contributed by atoms with E-state index in [1.165, 1.54) is 0 Å². The summed E-state index contributed by atoms with van der Waals surface area (Å²) in [6, 6.07) is 0.777. The summed E-state index contributed by atoms with van der Waals surface area (Å²) in [6.07, 6.45) is 3.74. The lowest BCUT2D eigenvalue weighted by atomic mass is 9.82. The van der Waals surface area contributed by atoms with Crippen molar-refractivity contribution in [1.82, 2.24) is 4.90 Å². The Labute approximate surface area is 124 Å². The molecule has 0 aromatic carbocycles. The number of carbonyl (C=O) groups is 1. The third-order valence-electron chi connectivity index (χ3n) is 5.54. The fourth-order valence-corrected chi connectivity index (χ4v) is 4.24. The van der Waals surface area contributed by atoms with Crippen LogP contribution < -0.4 is 0 Å². The minimum absolute atomic E-state index is 0.124. The molecule has 1 amide bonds. The first-order valence-electron chi connectivity index (χ1n) is 8.28. The molecule has 2 aliphatic rings. The summed E-state index contributed by atoms with van der Waals surface area (Å²) in [4.78, 5) is 15.1. The van der Waals surface area contributed by atoms with Crippen molar-refractivity contribution in [1.29, 1.82) is 0 Å². The smallest absolute Gasteiger partial charge is 0.226 e. The van der Waals surface area contributed by atoms with Gasteiger partial charge in [-0.25, -0.2) is 0 Å². The van der Waals surface area contributed by atoms with E-state index < -0.39 is 0 Å².